The van der Waals surface area contributed by atoms with Crippen molar-refractivity contribution in [2.45, 2.75) is 44.4 Å². The molecule has 2 aromatic rings. The van der Waals surface area contributed by atoms with Crippen LogP contribution in [0.1, 0.15) is 36.0 Å². The number of benzene rings is 2. The predicted octanol–water partition coefficient (Wildman–Crippen LogP) is 4.47. The number of hydrogen-bond acceptors (Lipinski definition) is 4. The van der Waals surface area contributed by atoms with Gasteiger partial charge in [-0.25, -0.2) is 4.79 Å². The van der Waals surface area contributed by atoms with Gasteiger partial charge < -0.3 is 19.9 Å². The van der Waals surface area contributed by atoms with Crippen LogP contribution in [0.5, 0.6) is 0 Å². The smallest absolute Gasteiger partial charge is 0.416 e. The van der Waals surface area contributed by atoms with Gasteiger partial charge >= 0.3 is 18.2 Å². The lowest BCUT2D eigenvalue weighted by molar-refractivity contribution is -0.149. The van der Waals surface area contributed by atoms with Gasteiger partial charge in [-0.2, -0.15) is 13.2 Å². The molecule has 2 heterocycles. The first kappa shape index (κ1) is 25.5. The number of halogens is 3. The maximum absolute atomic E-state index is 13.1. The van der Waals surface area contributed by atoms with Crippen LogP contribution in [0.3, 0.4) is 0 Å². The van der Waals surface area contributed by atoms with Gasteiger partial charge in [0.1, 0.15) is 0 Å². The molecule has 7 nitrogen and oxygen atoms in total. The molecule has 0 unspecified atom stereocenters. The highest BCUT2D eigenvalue weighted by Crippen LogP contribution is 2.31. The van der Waals surface area contributed by atoms with Gasteiger partial charge in [0.25, 0.3) is 0 Å². The first-order chi connectivity index (χ1) is 17.2. The Morgan fingerprint density at radius 2 is 1.83 bits per heavy atom. The standard InChI is InChI=1S/C26H28F3N3O4/c1-36-24(34)19(13-17-5-4-7-20(14-17)26(27,28)29)15-23(33)31-11-9-21(10-12-31)32-16-18-6-2-3-8-22(18)30-25(32)35/h2-8,14,19,21H,9-13,15-16H2,1H3,(H,30,35)/t19-/m1/s1. The lowest BCUT2D eigenvalue weighted by Gasteiger charge is -2.40. The van der Waals surface area contributed by atoms with Gasteiger partial charge in [-0.15, -0.1) is 0 Å². The molecule has 2 aliphatic heterocycles. The number of piperidine rings is 1. The third-order valence-electron chi connectivity index (χ3n) is 6.81. The lowest BCUT2D eigenvalue weighted by Crippen LogP contribution is -2.51. The van der Waals surface area contributed by atoms with Crippen LogP contribution in [0, 0.1) is 5.92 Å². The average Bonchev–Trinajstić information content (AvgIpc) is 2.87. The molecule has 1 atom stereocenters. The molecule has 2 aliphatic rings. The van der Waals surface area contributed by atoms with Gasteiger partial charge in [0.05, 0.1) is 18.6 Å². The molecule has 0 aliphatic carbocycles. The molecule has 4 rings (SSSR count). The average molecular weight is 504 g/mol. The van der Waals surface area contributed by atoms with E-state index in [0.29, 0.717) is 38.0 Å². The Morgan fingerprint density at radius 3 is 2.53 bits per heavy atom. The van der Waals surface area contributed by atoms with E-state index in [1.807, 2.05) is 24.3 Å². The van der Waals surface area contributed by atoms with Crippen molar-refractivity contribution in [1.82, 2.24) is 9.80 Å². The minimum absolute atomic E-state index is 0.0241. The highest BCUT2D eigenvalue weighted by molar-refractivity contribution is 5.92. The minimum atomic E-state index is -4.50. The highest BCUT2D eigenvalue weighted by Gasteiger charge is 2.34. The fraction of sp³-hybridized carbons (Fsp3) is 0.423. The summed E-state index contributed by atoms with van der Waals surface area (Å²) in [5, 5.41) is 2.91. The molecule has 36 heavy (non-hydrogen) atoms. The Hall–Kier alpha value is -3.56. The number of carbonyl (C=O) groups is 3. The van der Waals surface area contributed by atoms with Gasteiger partial charge in [0.2, 0.25) is 5.91 Å². The zero-order valence-corrected chi connectivity index (χ0v) is 19.9. The normalized spacial score (nSPS) is 17.3. The third kappa shape index (κ3) is 5.80. The van der Waals surface area contributed by atoms with Crippen molar-refractivity contribution in [2.24, 2.45) is 5.92 Å². The Bertz CT molecular complexity index is 1130. The summed E-state index contributed by atoms with van der Waals surface area (Å²) in [5.74, 6) is -1.79. The molecule has 2 aromatic carbocycles. The summed E-state index contributed by atoms with van der Waals surface area (Å²) in [7, 11) is 1.19. The third-order valence-corrected chi connectivity index (χ3v) is 6.81. The summed E-state index contributed by atoms with van der Waals surface area (Å²) < 4.78 is 44.0. The monoisotopic (exact) mass is 503 g/mol. The van der Waals surface area contributed by atoms with Crippen LogP contribution in [0.25, 0.3) is 0 Å². The van der Waals surface area contributed by atoms with E-state index in [-0.39, 0.29) is 30.8 Å². The Labute approximate surface area is 207 Å². The molecule has 192 valence electrons. The van der Waals surface area contributed by atoms with Crippen molar-refractivity contribution in [3.05, 3.63) is 65.2 Å². The summed E-state index contributed by atoms with van der Waals surface area (Å²) in [6.45, 7) is 1.35. The van der Waals surface area contributed by atoms with E-state index in [1.165, 1.54) is 19.2 Å². The van der Waals surface area contributed by atoms with Gasteiger partial charge in [0.15, 0.2) is 0 Å². The molecule has 0 aromatic heterocycles. The number of fused-ring (bicyclic) bond motifs is 1. The molecular weight excluding hydrogens is 475 g/mol. The van der Waals surface area contributed by atoms with Crippen molar-refractivity contribution in [3.8, 4) is 0 Å². The van der Waals surface area contributed by atoms with Crippen molar-refractivity contribution >= 4 is 23.6 Å². The second-order valence-electron chi connectivity index (χ2n) is 9.15. The van der Waals surface area contributed by atoms with Crippen molar-refractivity contribution < 1.29 is 32.3 Å². The van der Waals surface area contributed by atoms with E-state index < -0.39 is 23.6 Å². The molecule has 1 N–H and O–H groups in total. The topological polar surface area (TPSA) is 79.0 Å². The van der Waals surface area contributed by atoms with E-state index >= 15 is 0 Å². The summed E-state index contributed by atoms with van der Waals surface area (Å²) in [6, 6.07) is 12.2. The van der Waals surface area contributed by atoms with E-state index in [4.69, 9.17) is 4.74 Å². The van der Waals surface area contributed by atoms with E-state index in [2.05, 4.69) is 5.32 Å². The molecule has 10 heteroatoms. The van der Waals surface area contributed by atoms with Crippen LogP contribution in [0.15, 0.2) is 48.5 Å². The molecule has 3 amide bonds. The zero-order valence-electron chi connectivity index (χ0n) is 19.9. The van der Waals surface area contributed by atoms with Crippen LogP contribution in [-0.4, -0.2) is 53.9 Å². The van der Waals surface area contributed by atoms with Gasteiger partial charge in [-0.05, 0) is 42.5 Å². The first-order valence-electron chi connectivity index (χ1n) is 11.8. The molecule has 0 spiro atoms. The summed E-state index contributed by atoms with van der Waals surface area (Å²) in [4.78, 5) is 41.4. The van der Waals surface area contributed by atoms with E-state index in [9.17, 15) is 27.6 Å². The number of alkyl halides is 3. The highest BCUT2D eigenvalue weighted by atomic mass is 19.4. The largest absolute Gasteiger partial charge is 0.469 e. The second-order valence-corrected chi connectivity index (χ2v) is 9.15. The number of urea groups is 1. The summed E-state index contributed by atoms with van der Waals surface area (Å²) in [6.07, 6.45) is -3.50. The quantitative estimate of drug-likeness (QED) is 0.591. The van der Waals surface area contributed by atoms with Crippen LogP contribution in [0.4, 0.5) is 23.7 Å². The maximum atomic E-state index is 13.1. The van der Waals surface area contributed by atoms with Crippen molar-refractivity contribution in [1.29, 1.82) is 0 Å². The number of methoxy groups -OCH3 is 1. The number of ether oxygens (including phenoxy) is 1. The number of likely N-dealkylation sites (tertiary alicyclic amines) is 1. The van der Waals surface area contributed by atoms with Crippen LogP contribution in [0.2, 0.25) is 0 Å². The van der Waals surface area contributed by atoms with Crippen LogP contribution >= 0.6 is 0 Å². The molecule has 0 bridgehead atoms. The van der Waals surface area contributed by atoms with Crippen molar-refractivity contribution in [3.63, 3.8) is 0 Å². The lowest BCUT2D eigenvalue weighted by atomic mass is 9.93. The van der Waals surface area contributed by atoms with E-state index in [0.717, 1.165) is 23.4 Å². The summed E-state index contributed by atoms with van der Waals surface area (Å²) >= 11 is 0. The number of anilines is 1. The SMILES string of the molecule is COC(=O)[C@@H](CC(=O)N1CCC(N2Cc3ccccc3NC2=O)CC1)Cc1cccc(C(F)(F)F)c1. The zero-order chi connectivity index (χ0) is 25.9. The minimum Gasteiger partial charge on any atom is -0.469 e. The van der Waals surface area contributed by atoms with Gasteiger partial charge in [-0.1, -0.05) is 36.4 Å². The number of amides is 3. The number of rotatable bonds is 6. The maximum Gasteiger partial charge on any atom is 0.416 e. The number of carbonyl (C=O) groups excluding carboxylic acids is 3. The first-order valence-corrected chi connectivity index (χ1v) is 11.8. The molecule has 0 saturated carbocycles. The Morgan fingerprint density at radius 1 is 1.11 bits per heavy atom. The number of nitrogens with one attached hydrogen (secondary N) is 1. The Balaban J connectivity index is 1.36. The second kappa shape index (κ2) is 10.6. The number of hydrogen-bond donors (Lipinski definition) is 1. The molecular formula is C26H28F3N3O4. The Kier molecular flexibility index (Phi) is 7.51. The predicted molar refractivity (Wildman–Crippen MR) is 126 cm³/mol. The van der Waals surface area contributed by atoms with Crippen molar-refractivity contribution in [2.75, 3.05) is 25.5 Å². The molecule has 1 fully saturated rings. The van der Waals surface area contributed by atoms with Gasteiger partial charge in [0, 0.05) is 37.8 Å². The van der Waals surface area contributed by atoms with Gasteiger partial charge in [-0.3, -0.25) is 9.59 Å². The number of para-hydroxylation sites is 1. The summed E-state index contributed by atoms with van der Waals surface area (Å²) in [5.41, 5.74) is 1.34. The molecule has 0 radical (unpaired) electrons. The number of nitrogens with zero attached hydrogens (tertiary/aromatic N) is 2. The van der Waals surface area contributed by atoms with Crippen LogP contribution in [-0.2, 0) is 33.5 Å². The fourth-order valence-corrected chi connectivity index (χ4v) is 4.85. The fourth-order valence-electron chi connectivity index (χ4n) is 4.85. The van der Waals surface area contributed by atoms with Crippen LogP contribution < -0.4 is 5.32 Å². The van der Waals surface area contributed by atoms with E-state index in [1.54, 1.807) is 9.80 Å². The number of esters is 1. The molecule has 1 saturated heterocycles.